The molecule has 2 heterocycles. The molecule has 0 fully saturated rings. The van der Waals surface area contributed by atoms with E-state index in [0.29, 0.717) is 0 Å². The van der Waals surface area contributed by atoms with Gasteiger partial charge in [-0.2, -0.15) is 0 Å². The first-order chi connectivity index (χ1) is 9.54. The third-order valence-corrected chi connectivity index (χ3v) is 5.18. The van der Waals surface area contributed by atoms with Gasteiger partial charge in [0, 0.05) is 34.4 Å². The number of hydrogen-bond acceptors (Lipinski definition) is 4. The minimum atomic E-state index is -0.290. The lowest BCUT2D eigenvalue weighted by atomic mass is 9.89. The molecule has 4 nitrogen and oxygen atoms in total. The van der Waals surface area contributed by atoms with Crippen molar-refractivity contribution in [1.82, 2.24) is 4.90 Å². The highest BCUT2D eigenvalue weighted by Crippen LogP contribution is 2.40. The zero-order valence-corrected chi connectivity index (χ0v) is 14.5. The molecule has 0 saturated heterocycles. The lowest BCUT2D eigenvalue weighted by Crippen LogP contribution is -2.29. The van der Waals surface area contributed by atoms with Crippen molar-refractivity contribution < 1.29 is 4.92 Å². The van der Waals surface area contributed by atoms with Crippen molar-refractivity contribution in [2.45, 2.75) is 12.5 Å². The van der Waals surface area contributed by atoms with Crippen molar-refractivity contribution in [3.63, 3.8) is 0 Å². The van der Waals surface area contributed by atoms with E-state index in [0.717, 1.165) is 28.0 Å². The summed E-state index contributed by atoms with van der Waals surface area (Å²) in [5.74, 6) is 0.210. The van der Waals surface area contributed by atoms with E-state index >= 15 is 0 Å². The minimum Gasteiger partial charge on any atom is -0.300 e. The highest BCUT2D eigenvalue weighted by Gasteiger charge is 2.29. The van der Waals surface area contributed by atoms with Crippen LogP contribution in [0, 0.1) is 10.1 Å². The van der Waals surface area contributed by atoms with Gasteiger partial charge in [-0.25, -0.2) is 0 Å². The van der Waals surface area contributed by atoms with Gasteiger partial charge in [0.2, 0.25) is 0 Å². The zero-order valence-electron chi connectivity index (χ0n) is 11.3. The molecule has 1 aromatic heterocycles. The second-order valence-electron chi connectivity index (χ2n) is 5.02. The first kappa shape index (κ1) is 16.4. The van der Waals surface area contributed by atoms with Crippen molar-refractivity contribution in [3.8, 4) is 0 Å². The van der Waals surface area contributed by atoms with Crippen LogP contribution in [0.1, 0.15) is 21.9 Å². The number of fused-ring (bicyclic) bond motifs is 1. The molecule has 21 heavy (non-hydrogen) atoms. The Labute approximate surface area is 141 Å². The molecular weight excluding hydrogens is 376 g/mol. The van der Waals surface area contributed by atoms with E-state index in [1.807, 2.05) is 12.1 Å². The SMILES string of the molecule is CN1Cc2sc([N+](=O)[O-])cc2C(c2ccc(Br)cc2)C1.Cl. The topological polar surface area (TPSA) is 46.4 Å². The molecule has 1 aliphatic rings. The van der Waals surface area contributed by atoms with Gasteiger partial charge in [0.1, 0.15) is 0 Å². The Hall–Kier alpha value is -0.950. The van der Waals surface area contributed by atoms with E-state index < -0.39 is 0 Å². The van der Waals surface area contributed by atoms with Gasteiger partial charge in [0.15, 0.2) is 0 Å². The van der Waals surface area contributed by atoms with Crippen molar-refractivity contribution >= 4 is 44.7 Å². The molecule has 0 saturated carbocycles. The number of rotatable bonds is 2. The van der Waals surface area contributed by atoms with E-state index in [1.54, 1.807) is 6.07 Å². The van der Waals surface area contributed by atoms with Gasteiger partial charge >= 0.3 is 5.00 Å². The summed E-state index contributed by atoms with van der Waals surface area (Å²) >= 11 is 4.74. The fraction of sp³-hybridized carbons (Fsp3) is 0.286. The summed E-state index contributed by atoms with van der Waals surface area (Å²) in [6.07, 6.45) is 0. The molecule has 3 rings (SSSR count). The summed E-state index contributed by atoms with van der Waals surface area (Å²) in [6, 6.07) is 9.96. The first-order valence-electron chi connectivity index (χ1n) is 6.25. The van der Waals surface area contributed by atoms with Crippen molar-refractivity contribution in [2.75, 3.05) is 13.6 Å². The molecule has 2 aromatic rings. The standard InChI is InChI=1S/C14H13BrN2O2S.ClH/c1-16-7-12(9-2-4-10(15)5-3-9)11-6-14(17(18)19)20-13(11)8-16;/h2-6,12H,7-8H2,1H3;1H. The van der Waals surface area contributed by atoms with Gasteiger partial charge in [0.25, 0.3) is 0 Å². The average molecular weight is 390 g/mol. The van der Waals surface area contributed by atoms with E-state index in [4.69, 9.17) is 0 Å². The Kier molecular flexibility index (Phi) is 5.03. The summed E-state index contributed by atoms with van der Waals surface area (Å²) in [4.78, 5) is 14.0. The molecule has 0 aliphatic carbocycles. The summed E-state index contributed by atoms with van der Waals surface area (Å²) in [5.41, 5.74) is 2.32. The predicted octanol–water partition coefficient (Wildman–Crippen LogP) is 4.42. The van der Waals surface area contributed by atoms with Crippen LogP contribution in [0.5, 0.6) is 0 Å². The number of halogens is 2. The molecule has 1 atom stereocenters. The van der Waals surface area contributed by atoms with Gasteiger partial charge < -0.3 is 4.90 Å². The lowest BCUT2D eigenvalue weighted by molar-refractivity contribution is -0.380. The lowest BCUT2D eigenvalue weighted by Gasteiger charge is -2.30. The van der Waals surface area contributed by atoms with Crippen LogP contribution >= 0.6 is 39.7 Å². The second-order valence-corrected chi connectivity index (χ2v) is 7.05. The van der Waals surface area contributed by atoms with Crippen molar-refractivity contribution in [1.29, 1.82) is 0 Å². The van der Waals surface area contributed by atoms with Gasteiger partial charge in [-0.15, -0.1) is 12.4 Å². The van der Waals surface area contributed by atoms with E-state index in [9.17, 15) is 10.1 Å². The Morgan fingerprint density at radius 2 is 2.05 bits per heavy atom. The molecular formula is C14H14BrClN2O2S. The van der Waals surface area contributed by atoms with Crippen LogP contribution in [0.15, 0.2) is 34.8 Å². The molecule has 0 amide bonds. The number of benzene rings is 1. The number of nitro groups is 1. The van der Waals surface area contributed by atoms with Crippen LogP contribution in [-0.4, -0.2) is 23.4 Å². The predicted molar refractivity (Wildman–Crippen MR) is 90.5 cm³/mol. The zero-order chi connectivity index (χ0) is 14.3. The monoisotopic (exact) mass is 388 g/mol. The summed E-state index contributed by atoms with van der Waals surface area (Å²) in [5, 5.41) is 11.2. The molecule has 1 aromatic carbocycles. The summed E-state index contributed by atoms with van der Waals surface area (Å²) in [7, 11) is 2.06. The largest absolute Gasteiger partial charge is 0.324 e. The molecule has 112 valence electrons. The first-order valence-corrected chi connectivity index (χ1v) is 7.86. The fourth-order valence-electron chi connectivity index (χ4n) is 2.64. The molecule has 0 spiro atoms. The normalized spacial score (nSPS) is 17.9. The van der Waals surface area contributed by atoms with Crippen LogP contribution in [0.3, 0.4) is 0 Å². The fourth-order valence-corrected chi connectivity index (χ4v) is 4.02. The van der Waals surface area contributed by atoms with E-state index in [2.05, 4.69) is 40.0 Å². The van der Waals surface area contributed by atoms with E-state index in [-0.39, 0.29) is 28.2 Å². The smallest absolute Gasteiger partial charge is 0.300 e. The number of hydrogen-bond donors (Lipinski definition) is 0. The molecule has 1 unspecified atom stereocenters. The Balaban J connectivity index is 0.00000161. The molecule has 1 aliphatic heterocycles. The maximum Gasteiger partial charge on any atom is 0.324 e. The molecule has 0 radical (unpaired) electrons. The highest BCUT2D eigenvalue weighted by atomic mass is 79.9. The molecule has 0 N–H and O–H groups in total. The number of nitrogens with zero attached hydrogens (tertiary/aromatic N) is 2. The second kappa shape index (κ2) is 6.44. The third-order valence-electron chi connectivity index (χ3n) is 3.56. The van der Waals surface area contributed by atoms with Crippen LogP contribution in [0.2, 0.25) is 0 Å². The minimum absolute atomic E-state index is 0. The van der Waals surface area contributed by atoms with Gasteiger partial charge in [-0.1, -0.05) is 39.4 Å². The average Bonchev–Trinajstić information content (AvgIpc) is 2.82. The summed E-state index contributed by atoms with van der Waals surface area (Å²) < 4.78 is 1.04. The quantitative estimate of drug-likeness (QED) is 0.564. The van der Waals surface area contributed by atoms with Crippen LogP contribution in [0.4, 0.5) is 5.00 Å². The van der Waals surface area contributed by atoms with E-state index in [1.165, 1.54) is 16.9 Å². The number of thiophene rings is 1. The Morgan fingerprint density at radius 3 is 2.67 bits per heavy atom. The van der Waals surface area contributed by atoms with Gasteiger partial charge in [-0.05, 0) is 30.3 Å². The van der Waals surface area contributed by atoms with Crippen LogP contribution in [0.25, 0.3) is 0 Å². The van der Waals surface area contributed by atoms with Crippen LogP contribution in [-0.2, 0) is 6.54 Å². The summed E-state index contributed by atoms with van der Waals surface area (Å²) in [6.45, 7) is 1.68. The molecule has 7 heteroatoms. The third kappa shape index (κ3) is 3.29. The maximum absolute atomic E-state index is 11.0. The van der Waals surface area contributed by atoms with Gasteiger partial charge in [-0.3, -0.25) is 10.1 Å². The molecule has 0 bridgehead atoms. The van der Waals surface area contributed by atoms with Crippen molar-refractivity contribution in [2.24, 2.45) is 0 Å². The van der Waals surface area contributed by atoms with Crippen LogP contribution < -0.4 is 0 Å². The van der Waals surface area contributed by atoms with Crippen molar-refractivity contribution in [3.05, 3.63) is 60.9 Å². The Morgan fingerprint density at radius 1 is 1.38 bits per heavy atom. The Bertz CT molecular complexity index is 659. The number of likely N-dealkylation sites (N-methyl/N-ethyl adjacent to an activating group) is 1. The maximum atomic E-state index is 11.0. The highest BCUT2D eigenvalue weighted by molar-refractivity contribution is 9.10. The van der Waals surface area contributed by atoms with Gasteiger partial charge in [0.05, 0.1) is 4.92 Å².